The molecule has 0 aromatic heterocycles. The minimum Gasteiger partial charge on any atom is -0.294 e. The van der Waals surface area contributed by atoms with Crippen LogP contribution in [0.3, 0.4) is 0 Å². The Morgan fingerprint density at radius 2 is 0.571 bits per heavy atom. The zero-order chi connectivity index (χ0) is 21.6. The van der Waals surface area contributed by atoms with Crippen molar-refractivity contribution in [3.8, 4) is 0 Å². The van der Waals surface area contributed by atoms with Crippen LogP contribution in [-0.4, -0.2) is 23.6 Å². The third-order valence-corrected chi connectivity index (χ3v) is 3.76. The molecular formula is C16H36N8O4. The van der Waals surface area contributed by atoms with Crippen molar-refractivity contribution in [2.75, 3.05) is 0 Å². The van der Waals surface area contributed by atoms with Gasteiger partial charge in [-0.1, -0.05) is 25.7 Å². The monoisotopic (exact) mass is 404 g/mol. The van der Waals surface area contributed by atoms with Crippen LogP contribution in [0, 0.1) is 0 Å². The van der Waals surface area contributed by atoms with Crippen molar-refractivity contribution in [2.45, 2.75) is 77.0 Å². The first-order valence-corrected chi connectivity index (χ1v) is 9.39. The topological polar surface area (TPSA) is 220 Å². The molecule has 0 radical (unpaired) electrons. The Bertz CT molecular complexity index is 408. The van der Waals surface area contributed by atoms with Crippen molar-refractivity contribution in [3.05, 3.63) is 0 Å². The van der Waals surface area contributed by atoms with Crippen LogP contribution in [-0.2, 0) is 19.2 Å². The number of carbonyl (C=O) groups is 4. The van der Waals surface area contributed by atoms with E-state index in [1.54, 1.807) is 0 Å². The lowest BCUT2D eigenvalue weighted by Gasteiger charge is -2.01. The van der Waals surface area contributed by atoms with Gasteiger partial charge in [0.2, 0.25) is 23.6 Å². The predicted octanol–water partition coefficient (Wildman–Crippen LogP) is -1.39. The lowest BCUT2D eigenvalue weighted by Crippen LogP contribution is -2.30. The molecule has 0 saturated carbocycles. The summed E-state index contributed by atoms with van der Waals surface area (Å²) in [4.78, 5) is 42.7. The average Bonchev–Trinajstić information content (AvgIpc) is 2.72. The summed E-state index contributed by atoms with van der Waals surface area (Å²) in [7, 11) is 0. The van der Waals surface area contributed by atoms with Gasteiger partial charge in [-0.3, -0.25) is 40.9 Å². The second-order valence-electron chi connectivity index (χ2n) is 6.10. The molecule has 12 heteroatoms. The van der Waals surface area contributed by atoms with E-state index in [1.807, 2.05) is 10.9 Å². The molecule has 0 atom stereocenters. The van der Waals surface area contributed by atoms with Crippen LogP contribution >= 0.6 is 0 Å². The van der Waals surface area contributed by atoms with Crippen LogP contribution < -0.4 is 45.1 Å². The second kappa shape index (κ2) is 21.0. The van der Waals surface area contributed by atoms with E-state index in [4.69, 9.17) is 23.4 Å². The number of hydrazine groups is 4. The third-order valence-electron chi connectivity index (χ3n) is 3.76. The van der Waals surface area contributed by atoms with Gasteiger partial charge in [0, 0.05) is 25.7 Å². The normalized spacial score (nSPS) is 9.57. The van der Waals surface area contributed by atoms with E-state index in [1.165, 1.54) is 0 Å². The molecule has 0 spiro atoms. The standard InChI is InChI=1S/C10H22N4O2.C6H14N4O2/c11-13-9(15)7-5-3-1-2-4-6-8-10(16)14-12;7-9-5(11)3-1-2-4-6(12)10-8/h1-8,11-12H2,(H,13,15)(H,14,16);1-4,7-8H2,(H,9,11)(H,10,12). The number of nitrogens with one attached hydrogen (secondary N) is 4. The predicted molar refractivity (Wildman–Crippen MR) is 105 cm³/mol. The van der Waals surface area contributed by atoms with Gasteiger partial charge < -0.3 is 0 Å². The van der Waals surface area contributed by atoms with Gasteiger partial charge >= 0.3 is 0 Å². The number of hydrogen-bond donors (Lipinski definition) is 8. The summed E-state index contributed by atoms with van der Waals surface area (Å²) < 4.78 is 0. The van der Waals surface area contributed by atoms with E-state index in [9.17, 15) is 19.2 Å². The first kappa shape index (κ1) is 27.9. The summed E-state index contributed by atoms with van der Waals surface area (Å²) in [6, 6.07) is 0. The summed E-state index contributed by atoms with van der Waals surface area (Å²) in [5, 5.41) is 0. The van der Waals surface area contributed by atoms with E-state index < -0.39 is 0 Å². The van der Waals surface area contributed by atoms with Crippen molar-refractivity contribution in [3.63, 3.8) is 0 Å². The van der Waals surface area contributed by atoms with Crippen molar-refractivity contribution >= 4 is 23.6 Å². The maximum Gasteiger partial charge on any atom is 0.233 e. The molecule has 4 amide bonds. The summed E-state index contributed by atoms with van der Waals surface area (Å²) in [6.45, 7) is 0. The van der Waals surface area contributed by atoms with Gasteiger partial charge in [0.25, 0.3) is 0 Å². The molecule has 0 aliphatic heterocycles. The largest absolute Gasteiger partial charge is 0.294 e. The van der Waals surface area contributed by atoms with Crippen molar-refractivity contribution < 1.29 is 19.2 Å². The van der Waals surface area contributed by atoms with E-state index in [0.717, 1.165) is 38.5 Å². The molecule has 0 rings (SSSR count). The fraction of sp³-hybridized carbons (Fsp3) is 0.750. The average molecular weight is 405 g/mol. The highest BCUT2D eigenvalue weighted by Crippen LogP contribution is 2.08. The number of amides is 4. The van der Waals surface area contributed by atoms with Crippen LogP contribution in [0.25, 0.3) is 0 Å². The van der Waals surface area contributed by atoms with Crippen LogP contribution in [0.15, 0.2) is 0 Å². The maximum absolute atomic E-state index is 10.8. The van der Waals surface area contributed by atoms with Crippen molar-refractivity contribution in [1.82, 2.24) is 21.7 Å². The molecule has 0 unspecified atom stereocenters. The molecule has 0 bridgehead atoms. The number of unbranched alkanes of at least 4 members (excludes halogenated alkanes) is 6. The maximum atomic E-state index is 10.8. The van der Waals surface area contributed by atoms with Gasteiger partial charge in [-0.15, -0.1) is 0 Å². The molecular weight excluding hydrogens is 368 g/mol. The highest BCUT2D eigenvalue weighted by Gasteiger charge is 2.01. The number of hydrogen-bond acceptors (Lipinski definition) is 8. The number of rotatable bonds is 14. The van der Waals surface area contributed by atoms with Crippen molar-refractivity contribution in [2.24, 2.45) is 23.4 Å². The minimum atomic E-state index is -0.219. The van der Waals surface area contributed by atoms with Gasteiger partial charge in [0.1, 0.15) is 0 Å². The van der Waals surface area contributed by atoms with Crippen LogP contribution in [0.4, 0.5) is 0 Å². The molecule has 164 valence electrons. The summed E-state index contributed by atoms with van der Waals surface area (Å²) >= 11 is 0. The van der Waals surface area contributed by atoms with Crippen LogP contribution in [0.1, 0.15) is 77.0 Å². The molecule has 0 aromatic rings. The molecule has 0 aliphatic carbocycles. The second-order valence-corrected chi connectivity index (χ2v) is 6.10. The molecule has 0 heterocycles. The zero-order valence-corrected chi connectivity index (χ0v) is 16.4. The Kier molecular flexibility index (Phi) is 21.0. The Morgan fingerprint density at radius 3 is 0.786 bits per heavy atom. The zero-order valence-electron chi connectivity index (χ0n) is 16.4. The highest BCUT2D eigenvalue weighted by atomic mass is 16.2. The third kappa shape index (κ3) is 21.8. The molecule has 0 aromatic carbocycles. The Hall–Kier alpha value is -2.28. The quantitative estimate of drug-likeness (QED) is 0.0743. The smallest absolute Gasteiger partial charge is 0.233 e. The first-order chi connectivity index (χ1) is 13.4. The molecule has 0 saturated heterocycles. The molecule has 28 heavy (non-hydrogen) atoms. The van der Waals surface area contributed by atoms with Gasteiger partial charge in [-0.25, -0.2) is 23.4 Å². The molecule has 12 nitrogen and oxygen atoms in total. The van der Waals surface area contributed by atoms with E-state index in [0.29, 0.717) is 38.5 Å². The number of carbonyl (C=O) groups excluding carboxylic acids is 4. The van der Waals surface area contributed by atoms with Crippen LogP contribution in [0.5, 0.6) is 0 Å². The summed E-state index contributed by atoms with van der Waals surface area (Å²) in [6.07, 6.45) is 8.89. The first-order valence-electron chi connectivity index (χ1n) is 9.39. The Labute approximate surface area is 165 Å². The van der Waals surface area contributed by atoms with Crippen LogP contribution in [0.2, 0.25) is 0 Å². The molecule has 12 N–H and O–H groups in total. The van der Waals surface area contributed by atoms with Gasteiger partial charge in [0.05, 0.1) is 0 Å². The SMILES string of the molecule is NNC(=O)CCCCC(=O)NN.NNC(=O)CCCCCCCCC(=O)NN. The minimum absolute atomic E-state index is 0.111. The Balaban J connectivity index is 0. The fourth-order valence-corrected chi connectivity index (χ4v) is 2.14. The summed E-state index contributed by atoms with van der Waals surface area (Å²) in [5.74, 6) is 18.9. The molecule has 0 fully saturated rings. The lowest BCUT2D eigenvalue weighted by atomic mass is 10.1. The highest BCUT2D eigenvalue weighted by molar-refractivity contribution is 5.76. The van der Waals surface area contributed by atoms with Gasteiger partial charge in [0.15, 0.2) is 0 Å². The number of nitrogens with two attached hydrogens (primary N) is 4. The molecule has 0 aliphatic rings. The van der Waals surface area contributed by atoms with Gasteiger partial charge in [-0.05, 0) is 25.7 Å². The lowest BCUT2D eigenvalue weighted by molar-refractivity contribution is -0.123. The summed E-state index contributed by atoms with van der Waals surface area (Å²) in [5.41, 5.74) is 8.21. The van der Waals surface area contributed by atoms with Crippen molar-refractivity contribution in [1.29, 1.82) is 0 Å². The Morgan fingerprint density at radius 1 is 0.393 bits per heavy atom. The van der Waals surface area contributed by atoms with E-state index >= 15 is 0 Å². The van der Waals surface area contributed by atoms with E-state index in [2.05, 4.69) is 10.9 Å². The fourth-order valence-electron chi connectivity index (χ4n) is 2.14. The van der Waals surface area contributed by atoms with E-state index in [-0.39, 0.29) is 23.6 Å². The van der Waals surface area contributed by atoms with Gasteiger partial charge in [-0.2, -0.15) is 0 Å².